The van der Waals surface area contributed by atoms with Gasteiger partial charge in [0.1, 0.15) is 10.8 Å². The number of aromatic nitrogens is 2. The Labute approximate surface area is 173 Å². The molecule has 2 heterocycles. The minimum absolute atomic E-state index is 0.0298. The second kappa shape index (κ2) is 7.29. The van der Waals surface area contributed by atoms with Crippen LogP contribution in [0.3, 0.4) is 0 Å². The smallest absolute Gasteiger partial charge is 0.301 e. The molecular formula is C20H14BrN3O3S. The van der Waals surface area contributed by atoms with Crippen LogP contribution in [0.4, 0.5) is 5.13 Å². The molecule has 3 aromatic rings. The van der Waals surface area contributed by atoms with Crippen LogP contribution in [0.25, 0.3) is 5.76 Å². The van der Waals surface area contributed by atoms with E-state index in [1.54, 1.807) is 37.3 Å². The van der Waals surface area contributed by atoms with Crippen LogP contribution in [0.15, 0.2) is 64.6 Å². The lowest BCUT2D eigenvalue weighted by molar-refractivity contribution is -0.132. The van der Waals surface area contributed by atoms with Crippen LogP contribution in [0.2, 0.25) is 0 Å². The molecule has 140 valence electrons. The Kier molecular flexibility index (Phi) is 4.82. The van der Waals surface area contributed by atoms with Crippen molar-refractivity contribution in [1.29, 1.82) is 0 Å². The van der Waals surface area contributed by atoms with Gasteiger partial charge < -0.3 is 5.11 Å². The van der Waals surface area contributed by atoms with Gasteiger partial charge in [0.25, 0.3) is 5.78 Å². The minimum Gasteiger partial charge on any atom is -0.507 e. The lowest BCUT2D eigenvalue weighted by atomic mass is 9.95. The number of aliphatic hydroxyl groups is 1. The summed E-state index contributed by atoms with van der Waals surface area (Å²) in [5.41, 5.74) is 1.18. The van der Waals surface area contributed by atoms with Crippen LogP contribution in [0, 0.1) is 6.92 Å². The molecule has 0 bridgehead atoms. The van der Waals surface area contributed by atoms with Crippen LogP contribution in [-0.2, 0) is 9.59 Å². The normalized spacial score (nSPS) is 18.6. The van der Waals surface area contributed by atoms with Gasteiger partial charge >= 0.3 is 5.91 Å². The first-order chi connectivity index (χ1) is 13.5. The van der Waals surface area contributed by atoms with E-state index < -0.39 is 17.7 Å². The average Bonchev–Trinajstić information content (AvgIpc) is 3.23. The Morgan fingerprint density at radius 1 is 1.11 bits per heavy atom. The second-order valence-corrected chi connectivity index (χ2v) is 8.27. The molecule has 0 radical (unpaired) electrons. The van der Waals surface area contributed by atoms with Crippen molar-refractivity contribution in [3.63, 3.8) is 0 Å². The first kappa shape index (κ1) is 18.5. The van der Waals surface area contributed by atoms with Crippen molar-refractivity contribution in [2.24, 2.45) is 0 Å². The molecule has 2 aromatic carbocycles. The largest absolute Gasteiger partial charge is 0.507 e. The highest BCUT2D eigenvalue weighted by atomic mass is 79.9. The number of amides is 1. The number of hydrogen-bond acceptors (Lipinski definition) is 6. The number of rotatable bonds is 3. The standard InChI is InChI=1S/C20H14BrN3O3S/c1-11-22-23-20(28-11)24-16(13-8-5-9-14(21)10-13)15(18(26)19(24)27)17(25)12-6-3-2-4-7-12/h2-10,16,25H,1H3. The van der Waals surface area contributed by atoms with E-state index >= 15 is 0 Å². The van der Waals surface area contributed by atoms with E-state index in [0.717, 1.165) is 4.47 Å². The molecule has 6 nitrogen and oxygen atoms in total. The van der Waals surface area contributed by atoms with E-state index in [1.807, 2.05) is 24.3 Å². The van der Waals surface area contributed by atoms with Crippen LogP contribution < -0.4 is 4.90 Å². The highest BCUT2D eigenvalue weighted by Crippen LogP contribution is 2.43. The third-order valence-electron chi connectivity index (χ3n) is 4.38. The second-order valence-electron chi connectivity index (χ2n) is 6.19. The van der Waals surface area contributed by atoms with Gasteiger partial charge in [-0.3, -0.25) is 14.5 Å². The maximum Gasteiger partial charge on any atom is 0.301 e. The van der Waals surface area contributed by atoms with Crippen LogP contribution in [-0.4, -0.2) is 27.0 Å². The number of carbonyl (C=O) groups excluding carboxylic acids is 2. The van der Waals surface area contributed by atoms with Gasteiger partial charge in [0, 0.05) is 10.0 Å². The molecule has 1 unspecified atom stereocenters. The molecule has 1 aliphatic rings. The van der Waals surface area contributed by atoms with Crippen LogP contribution in [0.1, 0.15) is 22.2 Å². The topological polar surface area (TPSA) is 83.4 Å². The molecule has 4 rings (SSSR count). The minimum atomic E-state index is -0.801. The molecule has 1 saturated heterocycles. The fraction of sp³-hybridized carbons (Fsp3) is 0.100. The number of halogens is 1. The highest BCUT2D eigenvalue weighted by Gasteiger charge is 2.48. The van der Waals surface area contributed by atoms with Gasteiger partial charge in [-0.05, 0) is 24.6 Å². The van der Waals surface area contributed by atoms with Gasteiger partial charge in [0.2, 0.25) is 5.13 Å². The zero-order valence-electron chi connectivity index (χ0n) is 14.7. The summed E-state index contributed by atoms with van der Waals surface area (Å²) in [6, 6.07) is 15.2. The number of Topliss-reactive ketones (excluding diaryl/α,β-unsaturated/α-hetero) is 1. The molecule has 1 amide bonds. The maximum absolute atomic E-state index is 12.9. The highest BCUT2D eigenvalue weighted by molar-refractivity contribution is 9.10. The first-order valence-electron chi connectivity index (χ1n) is 8.39. The van der Waals surface area contributed by atoms with Gasteiger partial charge in [-0.25, -0.2) is 0 Å². The van der Waals surface area contributed by atoms with E-state index in [1.165, 1.54) is 16.2 Å². The van der Waals surface area contributed by atoms with Crippen molar-refractivity contribution in [2.45, 2.75) is 13.0 Å². The summed E-state index contributed by atoms with van der Waals surface area (Å²) < 4.78 is 0.795. The number of nitrogens with zero attached hydrogens (tertiary/aromatic N) is 3. The molecule has 1 aliphatic heterocycles. The fourth-order valence-electron chi connectivity index (χ4n) is 3.16. The molecule has 1 aromatic heterocycles. The molecule has 1 atom stereocenters. The van der Waals surface area contributed by atoms with Crippen molar-refractivity contribution in [3.8, 4) is 0 Å². The number of carbonyl (C=O) groups is 2. The number of benzene rings is 2. The summed E-state index contributed by atoms with van der Waals surface area (Å²) >= 11 is 4.65. The van der Waals surface area contributed by atoms with Crippen molar-refractivity contribution in [3.05, 3.63) is 80.8 Å². The van der Waals surface area contributed by atoms with Crippen molar-refractivity contribution < 1.29 is 14.7 Å². The quantitative estimate of drug-likeness (QED) is 0.362. The molecule has 0 saturated carbocycles. The molecule has 1 fully saturated rings. The molecule has 8 heteroatoms. The molecule has 1 N–H and O–H groups in total. The molecule has 0 aliphatic carbocycles. The maximum atomic E-state index is 12.9. The molecule has 0 spiro atoms. The van der Waals surface area contributed by atoms with E-state index in [-0.39, 0.29) is 11.3 Å². The number of anilines is 1. The SMILES string of the molecule is Cc1nnc(N2C(=O)C(=O)C(=C(O)c3ccccc3)C2c2cccc(Br)c2)s1. The lowest BCUT2D eigenvalue weighted by Gasteiger charge is -2.22. The summed E-state index contributed by atoms with van der Waals surface area (Å²) in [6.07, 6.45) is 0. The van der Waals surface area contributed by atoms with Gasteiger partial charge in [-0.1, -0.05) is 69.7 Å². The third-order valence-corrected chi connectivity index (χ3v) is 5.71. The Morgan fingerprint density at radius 3 is 2.50 bits per heavy atom. The van der Waals surface area contributed by atoms with Crippen LogP contribution >= 0.6 is 27.3 Å². The molecule has 28 heavy (non-hydrogen) atoms. The van der Waals surface area contributed by atoms with E-state index in [2.05, 4.69) is 26.1 Å². The van der Waals surface area contributed by atoms with Gasteiger partial charge in [-0.2, -0.15) is 0 Å². The van der Waals surface area contributed by atoms with E-state index in [9.17, 15) is 14.7 Å². The summed E-state index contributed by atoms with van der Waals surface area (Å²) in [7, 11) is 0. The van der Waals surface area contributed by atoms with Gasteiger partial charge in [-0.15, -0.1) is 10.2 Å². The Bertz CT molecular complexity index is 1110. The van der Waals surface area contributed by atoms with Gasteiger partial charge in [0.05, 0.1) is 11.6 Å². The predicted octanol–water partition coefficient (Wildman–Crippen LogP) is 4.24. The van der Waals surface area contributed by atoms with Gasteiger partial charge in [0.15, 0.2) is 0 Å². The Morgan fingerprint density at radius 2 is 1.86 bits per heavy atom. The summed E-state index contributed by atoms with van der Waals surface area (Å²) in [6.45, 7) is 1.77. The number of aryl methyl sites for hydroxylation is 1. The van der Waals surface area contributed by atoms with Crippen molar-refractivity contribution in [2.75, 3.05) is 4.90 Å². The Balaban J connectivity index is 1.96. The zero-order chi connectivity index (χ0) is 19.8. The average molecular weight is 456 g/mol. The van der Waals surface area contributed by atoms with Crippen molar-refractivity contribution >= 4 is 49.8 Å². The zero-order valence-corrected chi connectivity index (χ0v) is 17.1. The number of hydrogen-bond donors (Lipinski definition) is 1. The van der Waals surface area contributed by atoms with E-state index in [0.29, 0.717) is 21.3 Å². The summed E-state index contributed by atoms with van der Waals surface area (Å²) in [4.78, 5) is 27.1. The first-order valence-corrected chi connectivity index (χ1v) is 10.0. The lowest BCUT2D eigenvalue weighted by Crippen LogP contribution is -2.29. The number of aliphatic hydroxyl groups excluding tert-OH is 1. The van der Waals surface area contributed by atoms with E-state index in [4.69, 9.17) is 0 Å². The predicted molar refractivity (Wildman–Crippen MR) is 110 cm³/mol. The summed E-state index contributed by atoms with van der Waals surface area (Å²) in [5.74, 6) is -1.70. The summed E-state index contributed by atoms with van der Waals surface area (Å²) in [5, 5.41) is 19.9. The Hall–Kier alpha value is -2.84. The monoisotopic (exact) mass is 455 g/mol. The van der Waals surface area contributed by atoms with Crippen LogP contribution in [0.5, 0.6) is 0 Å². The third kappa shape index (κ3) is 3.14. The fourth-order valence-corrected chi connectivity index (χ4v) is 4.29. The number of ketones is 1. The molecular weight excluding hydrogens is 442 g/mol. The van der Waals surface area contributed by atoms with Crippen molar-refractivity contribution in [1.82, 2.24) is 10.2 Å².